The first kappa shape index (κ1) is 40.6. The molecule has 3 amide bonds. The zero-order valence-corrected chi connectivity index (χ0v) is 33.6. The number of carbonyl (C=O) groups is 4. The maximum Gasteiger partial charge on any atom is 0.408 e. The molecule has 3 aromatic rings. The molecule has 2 aromatic heterocycles. The number of anilines is 1. The van der Waals surface area contributed by atoms with E-state index in [-0.39, 0.29) is 36.6 Å². The minimum Gasteiger partial charge on any atom is -0.495 e. The Morgan fingerprint density at radius 2 is 1.86 bits per heavy atom. The molecule has 2 saturated carbocycles. The largest absolute Gasteiger partial charge is 0.495 e. The summed E-state index contributed by atoms with van der Waals surface area (Å²) in [6.45, 7) is 15.1. The third-order valence-corrected chi connectivity index (χ3v) is 11.1. The molecule has 1 aromatic carbocycles. The molecule has 56 heavy (non-hydrogen) atoms. The molecule has 3 heterocycles. The molecule has 1 unspecified atom stereocenters. The maximum atomic E-state index is 14.6. The number of nitrogens with zero attached hydrogens (tertiary/aromatic N) is 3. The summed E-state index contributed by atoms with van der Waals surface area (Å²) in [6, 6.07) is 4.65. The van der Waals surface area contributed by atoms with Crippen LogP contribution in [0.15, 0.2) is 41.4 Å². The number of aromatic nitrogens is 2. The van der Waals surface area contributed by atoms with Crippen LogP contribution in [0.5, 0.6) is 11.5 Å². The molecule has 302 valence electrons. The van der Waals surface area contributed by atoms with Crippen molar-refractivity contribution in [1.82, 2.24) is 25.7 Å². The number of hydrogen-bond acceptors (Lipinski definition) is 11. The summed E-state index contributed by atoms with van der Waals surface area (Å²) in [6.07, 6.45) is 2.35. The highest BCUT2D eigenvalue weighted by Crippen LogP contribution is 2.45. The lowest BCUT2D eigenvalue weighted by Gasteiger charge is -2.35. The van der Waals surface area contributed by atoms with Crippen molar-refractivity contribution in [2.75, 3.05) is 19.0 Å². The number of ether oxygens (including phenoxy) is 3. The Labute approximate surface area is 330 Å². The van der Waals surface area contributed by atoms with E-state index in [1.54, 1.807) is 45.0 Å². The molecule has 15 nitrogen and oxygen atoms in total. The number of carbonyl (C=O) groups excluding carboxylic acids is 3. The third kappa shape index (κ3) is 8.37. The standard InChI is InChI=1S/C40H51ClN6O9/c1-9-22-18-40(22,37(50)51)45-35(48)28-15-24(19-47(28)36(49)34(39(5,6)7)44-38(52)55-23-11-10-21(4)14-23)54-30-16-26(27-17-31(56-46-27)42-20(2)3)43-33-25(30)12-13-29(53-8)32(33)41/h9,12-13,16-17,20-24,28,34,42H,1,10-11,14-15,18-19H2,2-8H3,(H,44,52)(H,45,48)(H,50,51)/t21-,22-,23+,24-,28?,34-,40-/m1/s1. The predicted octanol–water partition coefficient (Wildman–Crippen LogP) is 6.20. The molecule has 3 fully saturated rings. The second-order valence-electron chi connectivity index (χ2n) is 16.5. The van der Waals surface area contributed by atoms with Crippen LogP contribution in [0, 0.1) is 17.3 Å². The Morgan fingerprint density at radius 1 is 1.11 bits per heavy atom. The Bertz CT molecular complexity index is 2010. The zero-order chi connectivity index (χ0) is 40.7. The van der Waals surface area contributed by atoms with Gasteiger partial charge in [-0.2, -0.15) is 0 Å². The number of hydrogen-bond donors (Lipinski definition) is 4. The van der Waals surface area contributed by atoms with Crippen molar-refractivity contribution in [2.45, 2.75) is 110 Å². The van der Waals surface area contributed by atoms with Crippen LogP contribution >= 0.6 is 11.6 Å². The fourth-order valence-electron chi connectivity index (χ4n) is 7.60. The summed E-state index contributed by atoms with van der Waals surface area (Å²) >= 11 is 6.78. The van der Waals surface area contributed by atoms with Crippen molar-refractivity contribution in [1.29, 1.82) is 0 Å². The minimum atomic E-state index is -1.54. The van der Waals surface area contributed by atoms with E-state index >= 15 is 0 Å². The van der Waals surface area contributed by atoms with Gasteiger partial charge in [-0.1, -0.05) is 50.5 Å². The topological polar surface area (TPSA) is 194 Å². The lowest BCUT2D eigenvalue weighted by molar-refractivity contribution is -0.146. The molecule has 2 aliphatic carbocycles. The van der Waals surface area contributed by atoms with Gasteiger partial charge in [0.05, 0.1) is 24.9 Å². The van der Waals surface area contributed by atoms with E-state index in [1.165, 1.54) is 18.1 Å². The first-order valence-electron chi connectivity index (χ1n) is 19.0. The number of methoxy groups -OCH3 is 1. The van der Waals surface area contributed by atoms with Gasteiger partial charge in [0.15, 0.2) is 0 Å². The number of fused-ring (bicyclic) bond motifs is 1. The summed E-state index contributed by atoms with van der Waals surface area (Å²) in [5, 5.41) is 23.7. The maximum absolute atomic E-state index is 14.6. The summed E-state index contributed by atoms with van der Waals surface area (Å²) < 4.78 is 23.3. The summed E-state index contributed by atoms with van der Waals surface area (Å²) in [7, 11) is 1.49. The molecule has 0 bridgehead atoms. The minimum absolute atomic E-state index is 0.00273. The van der Waals surface area contributed by atoms with Gasteiger partial charge in [0.1, 0.15) is 52.0 Å². The zero-order valence-electron chi connectivity index (χ0n) is 32.8. The van der Waals surface area contributed by atoms with Crippen molar-refractivity contribution in [3.8, 4) is 22.9 Å². The van der Waals surface area contributed by atoms with Crippen LogP contribution in [0.2, 0.25) is 5.02 Å². The van der Waals surface area contributed by atoms with E-state index in [4.69, 9.17) is 35.3 Å². The number of carboxylic acids is 1. The Hall–Kier alpha value is -5.05. The van der Waals surface area contributed by atoms with Gasteiger partial charge < -0.3 is 44.7 Å². The van der Waals surface area contributed by atoms with Crippen LogP contribution in [0.3, 0.4) is 0 Å². The second kappa shape index (κ2) is 15.8. The SMILES string of the molecule is C=C[C@@H]1C[C@]1(NC(=O)C1C[C@@H](Oc2cc(-c3cc(NC(C)C)on3)nc3c(Cl)c(OC)ccc23)CN1C(=O)[C@@H](NC(=O)O[C@H]1CC[C@@H](C)C1)C(C)(C)C)C(=O)O. The fourth-order valence-corrected chi connectivity index (χ4v) is 7.88. The van der Waals surface area contributed by atoms with Crippen LogP contribution in [0.4, 0.5) is 10.7 Å². The number of rotatable bonds is 13. The van der Waals surface area contributed by atoms with Gasteiger partial charge in [-0.15, -0.1) is 6.58 Å². The molecule has 0 spiro atoms. The van der Waals surface area contributed by atoms with Crippen LogP contribution < -0.4 is 25.4 Å². The van der Waals surface area contributed by atoms with Gasteiger partial charge in [0.25, 0.3) is 0 Å². The third-order valence-electron chi connectivity index (χ3n) is 10.7. The van der Waals surface area contributed by atoms with Gasteiger partial charge in [-0.3, -0.25) is 9.59 Å². The molecular formula is C40H51ClN6O9. The molecule has 4 N–H and O–H groups in total. The van der Waals surface area contributed by atoms with E-state index < -0.39 is 58.9 Å². The van der Waals surface area contributed by atoms with E-state index in [2.05, 4.69) is 34.6 Å². The second-order valence-corrected chi connectivity index (χ2v) is 16.9. The Balaban J connectivity index is 1.34. The first-order chi connectivity index (χ1) is 26.4. The van der Waals surface area contributed by atoms with Gasteiger partial charge in [-0.25, -0.2) is 14.6 Å². The van der Waals surface area contributed by atoms with Crippen LogP contribution in [0.25, 0.3) is 22.3 Å². The monoisotopic (exact) mass is 794 g/mol. The lowest BCUT2D eigenvalue weighted by Crippen LogP contribution is -2.59. The molecule has 0 radical (unpaired) electrons. The average Bonchev–Trinajstić information content (AvgIpc) is 3.44. The smallest absolute Gasteiger partial charge is 0.408 e. The van der Waals surface area contributed by atoms with Crippen molar-refractivity contribution in [2.24, 2.45) is 17.3 Å². The number of aliphatic carboxylic acids is 1. The molecule has 1 saturated heterocycles. The summed E-state index contributed by atoms with van der Waals surface area (Å²) in [5.74, 6) is -1.28. The number of likely N-dealkylation sites (tertiary alicyclic amines) is 1. The number of alkyl carbamates (subject to hydrolysis) is 1. The highest BCUT2D eigenvalue weighted by Gasteiger charge is 2.61. The van der Waals surface area contributed by atoms with Gasteiger partial charge in [0, 0.05) is 35.9 Å². The number of carboxylic acid groups (broad SMARTS) is 1. The van der Waals surface area contributed by atoms with Gasteiger partial charge in [-0.05, 0) is 63.0 Å². The van der Waals surface area contributed by atoms with Gasteiger partial charge >= 0.3 is 12.1 Å². The Morgan fingerprint density at radius 3 is 2.46 bits per heavy atom. The van der Waals surface area contributed by atoms with Crippen LogP contribution in [-0.2, 0) is 19.1 Å². The molecule has 7 atom stereocenters. The lowest BCUT2D eigenvalue weighted by atomic mass is 9.85. The normalized spacial score (nSPS) is 25.1. The summed E-state index contributed by atoms with van der Waals surface area (Å²) in [5.41, 5.74) is -1.21. The van der Waals surface area contributed by atoms with Gasteiger partial charge in [0.2, 0.25) is 17.7 Å². The highest BCUT2D eigenvalue weighted by molar-refractivity contribution is 6.36. The van der Waals surface area contributed by atoms with Crippen molar-refractivity contribution >= 4 is 52.3 Å². The van der Waals surface area contributed by atoms with Crippen LogP contribution in [-0.4, -0.2) is 93.6 Å². The van der Waals surface area contributed by atoms with E-state index in [0.29, 0.717) is 45.6 Å². The Kier molecular flexibility index (Phi) is 11.5. The fraction of sp³-hybridized carbons (Fsp3) is 0.550. The number of pyridine rings is 1. The van der Waals surface area contributed by atoms with Crippen molar-refractivity contribution in [3.05, 3.63) is 41.9 Å². The summed E-state index contributed by atoms with van der Waals surface area (Å²) in [4.78, 5) is 60.5. The number of halogens is 1. The number of nitrogens with one attached hydrogen (secondary N) is 3. The molecular weight excluding hydrogens is 744 g/mol. The molecule has 3 aliphatic rings. The van der Waals surface area contributed by atoms with E-state index in [0.717, 1.165) is 19.3 Å². The van der Waals surface area contributed by atoms with E-state index in [9.17, 15) is 24.3 Å². The first-order valence-corrected chi connectivity index (χ1v) is 19.3. The molecule has 16 heteroatoms. The van der Waals surface area contributed by atoms with Crippen molar-refractivity contribution < 1.29 is 43.0 Å². The molecule has 1 aliphatic heterocycles. The number of benzene rings is 1. The number of amides is 3. The van der Waals surface area contributed by atoms with Crippen molar-refractivity contribution in [3.63, 3.8) is 0 Å². The molecule has 6 rings (SSSR count). The highest BCUT2D eigenvalue weighted by atomic mass is 35.5. The quantitative estimate of drug-likeness (QED) is 0.144. The average molecular weight is 795 g/mol. The van der Waals surface area contributed by atoms with Crippen LogP contribution in [0.1, 0.15) is 73.6 Å². The predicted molar refractivity (Wildman–Crippen MR) is 209 cm³/mol. The van der Waals surface area contributed by atoms with E-state index in [1.807, 2.05) is 13.8 Å².